The molecular weight excluding hydrogens is 425 g/mol. The Morgan fingerprint density at radius 1 is 1.43 bits per heavy atom. The minimum Gasteiger partial charge on any atom is -0.352 e. The first-order valence-corrected chi connectivity index (χ1v) is 10.9. The molecule has 1 rings (SSSR count). The lowest BCUT2D eigenvalue weighted by Gasteiger charge is -2.09. The van der Waals surface area contributed by atoms with Crippen molar-refractivity contribution in [1.29, 1.82) is 0 Å². The van der Waals surface area contributed by atoms with Crippen molar-refractivity contribution < 1.29 is 17.4 Å². The molecule has 10 heteroatoms. The fourth-order valence-corrected chi connectivity index (χ4v) is 4.21. The average molecular weight is 437 g/mol. The third-order valence-electron chi connectivity index (χ3n) is 2.41. The Bertz CT molecular complexity index is 679. The van der Waals surface area contributed by atoms with Crippen molar-refractivity contribution in [3.63, 3.8) is 0 Å². The number of hydrogen-bond donors (Lipinski definition) is 1. The van der Waals surface area contributed by atoms with Crippen LogP contribution in [-0.4, -0.2) is 37.1 Å². The zero-order valence-electron chi connectivity index (χ0n) is 10.9. The van der Waals surface area contributed by atoms with E-state index in [1.165, 1.54) is 12.1 Å². The smallest absolute Gasteiger partial charge is 0.262 e. The molecule has 0 aromatic heterocycles. The predicted molar refractivity (Wildman–Crippen MR) is 88.1 cm³/mol. The Kier molecular flexibility index (Phi) is 7.12. The number of carbonyl (C=O) groups excluding carboxylic acids is 1. The SMILES string of the molecule is CS(=O)CCCNC(=O)c1cc(Br)cc(S(=O)(=O)Cl)c1Cl. The monoisotopic (exact) mass is 435 g/mol. The van der Waals surface area contributed by atoms with E-state index in [2.05, 4.69) is 21.2 Å². The van der Waals surface area contributed by atoms with Crippen LogP contribution in [0.2, 0.25) is 5.02 Å². The molecule has 0 bridgehead atoms. The van der Waals surface area contributed by atoms with Crippen molar-refractivity contribution in [2.75, 3.05) is 18.6 Å². The number of nitrogens with one attached hydrogen (secondary N) is 1. The molecule has 0 aliphatic heterocycles. The lowest BCUT2D eigenvalue weighted by molar-refractivity contribution is 0.0953. The van der Waals surface area contributed by atoms with Crippen LogP contribution in [0.3, 0.4) is 0 Å². The number of amides is 1. The summed E-state index contributed by atoms with van der Waals surface area (Å²) in [6.07, 6.45) is 2.12. The Labute approximate surface area is 143 Å². The number of benzene rings is 1. The van der Waals surface area contributed by atoms with E-state index < -0.39 is 25.8 Å². The highest BCUT2D eigenvalue weighted by molar-refractivity contribution is 9.10. The van der Waals surface area contributed by atoms with E-state index in [-0.39, 0.29) is 15.5 Å². The van der Waals surface area contributed by atoms with Gasteiger partial charge in [0.05, 0.1) is 10.6 Å². The summed E-state index contributed by atoms with van der Waals surface area (Å²) in [6, 6.07) is 2.63. The quantitative estimate of drug-likeness (QED) is 0.548. The highest BCUT2D eigenvalue weighted by atomic mass is 79.9. The summed E-state index contributed by atoms with van der Waals surface area (Å²) >= 11 is 9.04. The van der Waals surface area contributed by atoms with E-state index in [9.17, 15) is 17.4 Å². The van der Waals surface area contributed by atoms with Crippen molar-refractivity contribution >= 4 is 64.0 Å². The maximum absolute atomic E-state index is 12.0. The molecule has 0 spiro atoms. The Balaban J connectivity index is 2.95. The fourth-order valence-electron chi connectivity index (χ4n) is 1.48. The van der Waals surface area contributed by atoms with Crippen molar-refractivity contribution in [3.05, 3.63) is 27.2 Å². The zero-order valence-corrected chi connectivity index (χ0v) is 15.6. The van der Waals surface area contributed by atoms with Crippen LogP contribution in [0.25, 0.3) is 0 Å². The summed E-state index contributed by atoms with van der Waals surface area (Å²) < 4.78 is 34.1. The van der Waals surface area contributed by atoms with Crippen LogP contribution in [0.5, 0.6) is 0 Å². The molecule has 0 radical (unpaired) electrons. The van der Waals surface area contributed by atoms with Crippen molar-refractivity contribution in [1.82, 2.24) is 5.32 Å². The third-order valence-corrected chi connectivity index (χ3v) is 5.59. The summed E-state index contributed by atoms with van der Waals surface area (Å²) in [5.41, 5.74) is 0.00267. The van der Waals surface area contributed by atoms with Gasteiger partial charge in [-0.1, -0.05) is 27.5 Å². The molecule has 1 amide bonds. The summed E-state index contributed by atoms with van der Waals surface area (Å²) in [4.78, 5) is 11.7. The van der Waals surface area contributed by atoms with Gasteiger partial charge in [0.15, 0.2) is 0 Å². The first-order valence-electron chi connectivity index (χ1n) is 5.65. The molecule has 1 aromatic carbocycles. The number of hydrogen-bond acceptors (Lipinski definition) is 4. The Morgan fingerprint density at radius 3 is 2.57 bits per heavy atom. The highest BCUT2D eigenvalue weighted by Gasteiger charge is 2.22. The molecule has 0 aliphatic carbocycles. The van der Waals surface area contributed by atoms with Gasteiger partial charge in [-0.25, -0.2) is 8.42 Å². The van der Waals surface area contributed by atoms with Crippen molar-refractivity contribution in [2.24, 2.45) is 0 Å². The summed E-state index contributed by atoms with van der Waals surface area (Å²) in [5.74, 6) is -0.0573. The molecule has 1 unspecified atom stereocenters. The van der Waals surface area contributed by atoms with Crippen LogP contribution < -0.4 is 5.32 Å². The Morgan fingerprint density at radius 2 is 2.05 bits per heavy atom. The van der Waals surface area contributed by atoms with E-state index >= 15 is 0 Å². The van der Waals surface area contributed by atoms with Gasteiger partial charge >= 0.3 is 0 Å². The fraction of sp³-hybridized carbons (Fsp3) is 0.364. The van der Waals surface area contributed by atoms with Gasteiger partial charge in [0.2, 0.25) is 0 Å². The molecule has 0 fully saturated rings. The second-order valence-electron chi connectivity index (χ2n) is 4.09. The van der Waals surface area contributed by atoms with Crippen LogP contribution in [0, 0.1) is 0 Å². The van der Waals surface area contributed by atoms with Gasteiger partial charge in [0.25, 0.3) is 15.0 Å². The van der Waals surface area contributed by atoms with Gasteiger partial charge in [0.1, 0.15) is 4.90 Å². The lowest BCUT2D eigenvalue weighted by Crippen LogP contribution is -2.26. The van der Waals surface area contributed by atoms with E-state index in [4.69, 9.17) is 22.3 Å². The van der Waals surface area contributed by atoms with Crippen molar-refractivity contribution in [2.45, 2.75) is 11.3 Å². The zero-order chi connectivity index (χ0) is 16.2. The average Bonchev–Trinajstić information content (AvgIpc) is 2.35. The van der Waals surface area contributed by atoms with E-state index in [1.807, 2.05) is 0 Å². The maximum Gasteiger partial charge on any atom is 0.262 e. The molecule has 0 aliphatic rings. The molecule has 0 heterocycles. The molecule has 118 valence electrons. The van der Waals surface area contributed by atoms with E-state index in [1.54, 1.807) is 6.26 Å². The topological polar surface area (TPSA) is 80.3 Å². The van der Waals surface area contributed by atoms with Gasteiger partial charge in [-0.3, -0.25) is 9.00 Å². The van der Waals surface area contributed by atoms with Crippen LogP contribution in [0.4, 0.5) is 0 Å². The number of halogens is 3. The molecule has 5 nitrogen and oxygen atoms in total. The van der Waals surface area contributed by atoms with Gasteiger partial charge in [-0.05, 0) is 18.6 Å². The molecule has 0 saturated heterocycles. The summed E-state index contributed by atoms with van der Waals surface area (Å²) in [5, 5.41) is 2.35. The normalized spacial score (nSPS) is 13.0. The molecular formula is C11H12BrCl2NO4S2. The van der Waals surface area contributed by atoms with Gasteiger partial charge in [-0.2, -0.15) is 0 Å². The summed E-state index contributed by atoms with van der Waals surface area (Å²) in [7, 11) is 0.287. The van der Waals surface area contributed by atoms with Gasteiger partial charge in [-0.15, -0.1) is 0 Å². The first-order chi connectivity index (χ1) is 9.62. The maximum atomic E-state index is 12.0. The number of rotatable bonds is 6. The van der Waals surface area contributed by atoms with E-state index in [0.29, 0.717) is 23.2 Å². The Hall–Kier alpha value is -0.150. The van der Waals surface area contributed by atoms with Crippen LogP contribution >= 0.6 is 38.2 Å². The molecule has 1 aromatic rings. The minimum absolute atomic E-state index is 0.00267. The van der Waals surface area contributed by atoms with Crippen LogP contribution in [0.1, 0.15) is 16.8 Å². The minimum atomic E-state index is -4.06. The van der Waals surface area contributed by atoms with Gasteiger partial charge in [0, 0.05) is 44.5 Å². The van der Waals surface area contributed by atoms with Crippen LogP contribution in [-0.2, 0) is 19.9 Å². The molecule has 1 atom stereocenters. The molecule has 1 N–H and O–H groups in total. The lowest BCUT2D eigenvalue weighted by atomic mass is 10.2. The third kappa shape index (κ3) is 5.86. The second-order valence-corrected chi connectivity index (χ2v) is 9.47. The van der Waals surface area contributed by atoms with E-state index in [0.717, 1.165) is 0 Å². The number of carbonyl (C=O) groups is 1. The predicted octanol–water partition coefficient (Wildman–Crippen LogP) is 2.53. The van der Waals surface area contributed by atoms with Crippen molar-refractivity contribution in [3.8, 4) is 0 Å². The summed E-state index contributed by atoms with van der Waals surface area (Å²) in [6.45, 7) is 0.310. The van der Waals surface area contributed by atoms with Crippen LogP contribution in [0.15, 0.2) is 21.5 Å². The van der Waals surface area contributed by atoms with Gasteiger partial charge < -0.3 is 5.32 Å². The second kappa shape index (κ2) is 7.92. The molecule has 0 saturated carbocycles. The highest BCUT2D eigenvalue weighted by Crippen LogP contribution is 2.31. The standard InChI is InChI=1S/C11H12BrCl2NO4S2/c1-20(17)4-2-3-15-11(16)8-5-7(12)6-9(10(8)13)21(14,18)19/h5-6H,2-4H2,1H3,(H,15,16). The molecule has 21 heavy (non-hydrogen) atoms. The first kappa shape index (κ1) is 18.9. The largest absolute Gasteiger partial charge is 0.352 e.